The highest BCUT2D eigenvalue weighted by Crippen LogP contribution is 2.21. The first-order valence-corrected chi connectivity index (χ1v) is 8.17. The molecule has 0 spiro atoms. The van der Waals surface area contributed by atoms with Crippen molar-refractivity contribution in [1.82, 2.24) is 10.2 Å². The van der Waals surface area contributed by atoms with Crippen LogP contribution in [0.15, 0.2) is 30.3 Å². The summed E-state index contributed by atoms with van der Waals surface area (Å²) in [6.45, 7) is 11.7. The molecule has 1 aromatic rings. The Hall–Kier alpha value is -0.900. The Morgan fingerprint density at radius 2 is 1.90 bits per heavy atom. The van der Waals surface area contributed by atoms with Crippen LogP contribution in [0.25, 0.3) is 0 Å². The van der Waals surface area contributed by atoms with Crippen LogP contribution in [0.1, 0.15) is 38.8 Å². The van der Waals surface area contributed by atoms with Crippen LogP contribution in [0.3, 0.4) is 0 Å². The lowest BCUT2D eigenvalue weighted by atomic mass is 10.0. The third-order valence-corrected chi connectivity index (χ3v) is 3.57. The van der Waals surface area contributed by atoms with Gasteiger partial charge in [-0.1, -0.05) is 51.1 Å². The summed E-state index contributed by atoms with van der Waals surface area (Å²) in [5.41, 5.74) is 1.39. The third kappa shape index (κ3) is 7.07. The second-order valence-electron chi connectivity index (χ2n) is 6.01. The Morgan fingerprint density at radius 3 is 2.48 bits per heavy atom. The number of nitrogens with one attached hydrogen (secondary N) is 1. The molecule has 1 aromatic carbocycles. The summed E-state index contributed by atoms with van der Waals surface area (Å²) < 4.78 is 5.30. The van der Waals surface area contributed by atoms with E-state index in [4.69, 9.17) is 4.74 Å². The molecule has 0 aliphatic heterocycles. The van der Waals surface area contributed by atoms with E-state index in [2.05, 4.69) is 61.3 Å². The maximum atomic E-state index is 5.30. The lowest BCUT2D eigenvalue weighted by Gasteiger charge is -2.33. The molecule has 0 aromatic heterocycles. The Kier molecular flexibility index (Phi) is 9.31. The molecule has 3 heteroatoms. The van der Waals surface area contributed by atoms with Crippen LogP contribution in [-0.2, 0) is 4.74 Å². The summed E-state index contributed by atoms with van der Waals surface area (Å²) in [4.78, 5) is 2.55. The van der Waals surface area contributed by atoms with Gasteiger partial charge in [0.2, 0.25) is 0 Å². The summed E-state index contributed by atoms with van der Waals surface area (Å²) in [5, 5.41) is 3.58. The summed E-state index contributed by atoms with van der Waals surface area (Å²) in [6.07, 6.45) is 1.17. The van der Waals surface area contributed by atoms with Gasteiger partial charge in [-0.2, -0.15) is 0 Å². The van der Waals surface area contributed by atoms with Crippen molar-refractivity contribution in [2.45, 2.75) is 33.2 Å². The van der Waals surface area contributed by atoms with Crippen molar-refractivity contribution >= 4 is 0 Å². The maximum absolute atomic E-state index is 5.30. The van der Waals surface area contributed by atoms with Crippen LogP contribution in [0.5, 0.6) is 0 Å². The quantitative estimate of drug-likeness (QED) is 0.633. The van der Waals surface area contributed by atoms with E-state index in [1.165, 1.54) is 12.0 Å². The van der Waals surface area contributed by atoms with Crippen LogP contribution >= 0.6 is 0 Å². The standard InChI is InChI=1S/C18H32N2O/c1-5-11-19-14-18(17-9-7-6-8-10-17)20(12-13-21-4)15-16(2)3/h6-10,16,18-19H,5,11-15H2,1-4H3. The van der Waals surface area contributed by atoms with E-state index in [9.17, 15) is 0 Å². The van der Waals surface area contributed by atoms with Crippen molar-refractivity contribution in [3.63, 3.8) is 0 Å². The van der Waals surface area contributed by atoms with Crippen molar-refractivity contribution in [2.75, 3.05) is 39.9 Å². The van der Waals surface area contributed by atoms with E-state index >= 15 is 0 Å². The molecule has 0 saturated heterocycles. The van der Waals surface area contributed by atoms with Crippen LogP contribution in [0.4, 0.5) is 0 Å². The molecule has 1 N–H and O–H groups in total. The molecule has 0 fully saturated rings. The van der Waals surface area contributed by atoms with Gasteiger partial charge in [-0.3, -0.25) is 4.90 Å². The zero-order valence-electron chi connectivity index (χ0n) is 14.1. The first kappa shape index (κ1) is 18.1. The largest absolute Gasteiger partial charge is 0.383 e. The molecular formula is C18H32N2O. The minimum Gasteiger partial charge on any atom is -0.383 e. The molecule has 0 amide bonds. The van der Waals surface area contributed by atoms with E-state index in [0.29, 0.717) is 12.0 Å². The smallest absolute Gasteiger partial charge is 0.0589 e. The van der Waals surface area contributed by atoms with Crippen LogP contribution in [0, 0.1) is 5.92 Å². The Labute approximate surface area is 130 Å². The van der Waals surface area contributed by atoms with Gasteiger partial charge in [0.05, 0.1) is 6.61 Å². The Morgan fingerprint density at radius 1 is 1.19 bits per heavy atom. The molecular weight excluding hydrogens is 260 g/mol. The SMILES string of the molecule is CCCNCC(c1ccccc1)N(CCOC)CC(C)C. The number of benzene rings is 1. The monoisotopic (exact) mass is 292 g/mol. The number of hydrogen-bond acceptors (Lipinski definition) is 3. The number of hydrogen-bond donors (Lipinski definition) is 1. The van der Waals surface area contributed by atoms with E-state index in [1.54, 1.807) is 7.11 Å². The molecule has 0 radical (unpaired) electrons. The predicted molar refractivity (Wildman–Crippen MR) is 90.6 cm³/mol. The first-order valence-electron chi connectivity index (χ1n) is 8.17. The topological polar surface area (TPSA) is 24.5 Å². The minimum absolute atomic E-state index is 0.412. The van der Waals surface area contributed by atoms with E-state index < -0.39 is 0 Å². The van der Waals surface area contributed by atoms with Crippen molar-refractivity contribution in [2.24, 2.45) is 5.92 Å². The number of nitrogens with zero attached hydrogens (tertiary/aromatic N) is 1. The van der Waals surface area contributed by atoms with Crippen molar-refractivity contribution in [3.8, 4) is 0 Å². The van der Waals surface area contributed by atoms with Gasteiger partial charge in [0, 0.05) is 32.8 Å². The van der Waals surface area contributed by atoms with Crippen LogP contribution in [0.2, 0.25) is 0 Å². The molecule has 0 aliphatic carbocycles. The molecule has 0 heterocycles. The van der Waals surface area contributed by atoms with Gasteiger partial charge in [0.25, 0.3) is 0 Å². The predicted octanol–water partition coefficient (Wildman–Crippen LogP) is 3.33. The number of rotatable bonds is 11. The fourth-order valence-corrected chi connectivity index (χ4v) is 2.60. The fourth-order valence-electron chi connectivity index (χ4n) is 2.60. The molecule has 1 unspecified atom stereocenters. The van der Waals surface area contributed by atoms with Gasteiger partial charge >= 0.3 is 0 Å². The second-order valence-corrected chi connectivity index (χ2v) is 6.01. The number of methoxy groups -OCH3 is 1. The summed E-state index contributed by atoms with van der Waals surface area (Å²) in [6, 6.07) is 11.2. The highest BCUT2D eigenvalue weighted by molar-refractivity contribution is 5.19. The van der Waals surface area contributed by atoms with E-state index in [0.717, 1.165) is 32.8 Å². The van der Waals surface area contributed by atoms with Crippen molar-refractivity contribution in [3.05, 3.63) is 35.9 Å². The molecule has 120 valence electrons. The number of ether oxygens (including phenoxy) is 1. The lowest BCUT2D eigenvalue weighted by molar-refractivity contribution is 0.108. The lowest BCUT2D eigenvalue weighted by Crippen LogP contribution is -2.40. The summed E-state index contributed by atoms with van der Waals surface area (Å²) in [5.74, 6) is 0.652. The zero-order chi connectivity index (χ0) is 15.5. The molecule has 0 aliphatic rings. The highest BCUT2D eigenvalue weighted by atomic mass is 16.5. The van der Waals surface area contributed by atoms with Gasteiger partial charge in [-0.15, -0.1) is 0 Å². The Bertz CT molecular complexity index is 353. The van der Waals surface area contributed by atoms with Crippen molar-refractivity contribution in [1.29, 1.82) is 0 Å². The summed E-state index contributed by atoms with van der Waals surface area (Å²) >= 11 is 0. The third-order valence-electron chi connectivity index (χ3n) is 3.57. The molecule has 0 saturated carbocycles. The first-order chi connectivity index (χ1) is 10.2. The normalized spacial score (nSPS) is 13.0. The highest BCUT2D eigenvalue weighted by Gasteiger charge is 2.20. The zero-order valence-corrected chi connectivity index (χ0v) is 14.1. The van der Waals surface area contributed by atoms with Gasteiger partial charge < -0.3 is 10.1 Å². The average molecular weight is 292 g/mol. The maximum Gasteiger partial charge on any atom is 0.0589 e. The molecule has 3 nitrogen and oxygen atoms in total. The van der Waals surface area contributed by atoms with Gasteiger partial charge in [-0.25, -0.2) is 0 Å². The molecule has 21 heavy (non-hydrogen) atoms. The van der Waals surface area contributed by atoms with Crippen molar-refractivity contribution < 1.29 is 4.74 Å². The molecule has 1 atom stereocenters. The van der Waals surface area contributed by atoms with Crippen LogP contribution in [-0.4, -0.2) is 44.8 Å². The van der Waals surface area contributed by atoms with Gasteiger partial charge in [0.1, 0.15) is 0 Å². The van der Waals surface area contributed by atoms with E-state index in [-0.39, 0.29) is 0 Å². The molecule has 0 bridgehead atoms. The van der Waals surface area contributed by atoms with Gasteiger partial charge in [-0.05, 0) is 24.4 Å². The second kappa shape index (κ2) is 10.8. The Balaban J connectivity index is 2.82. The van der Waals surface area contributed by atoms with Gasteiger partial charge in [0.15, 0.2) is 0 Å². The minimum atomic E-state index is 0.412. The molecule has 1 rings (SSSR count). The fraction of sp³-hybridized carbons (Fsp3) is 0.667. The summed E-state index contributed by atoms with van der Waals surface area (Å²) in [7, 11) is 1.78. The van der Waals surface area contributed by atoms with E-state index in [1.807, 2.05) is 0 Å². The van der Waals surface area contributed by atoms with Crippen LogP contribution < -0.4 is 5.32 Å². The average Bonchev–Trinajstić information content (AvgIpc) is 2.49.